The predicted octanol–water partition coefficient (Wildman–Crippen LogP) is 4.55. The fourth-order valence-electron chi connectivity index (χ4n) is 2.65. The van der Waals surface area contributed by atoms with Gasteiger partial charge in [0, 0.05) is 5.56 Å². The summed E-state index contributed by atoms with van der Waals surface area (Å²) in [5.74, 6) is 0.714. The first-order chi connectivity index (χ1) is 10.4. The van der Waals surface area contributed by atoms with Crippen LogP contribution in [0.1, 0.15) is 36.1 Å². The van der Waals surface area contributed by atoms with Gasteiger partial charge in [0.2, 0.25) is 5.78 Å². The van der Waals surface area contributed by atoms with Crippen molar-refractivity contribution in [2.45, 2.75) is 33.3 Å². The maximum Gasteiger partial charge on any atom is 0.210 e. The van der Waals surface area contributed by atoms with E-state index >= 15 is 0 Å². The monoisotopic (exact) mass is 292 g/mol. The van der Waals surface area contributed by atoms with Crippen LogP contribution in [0.4, 0.5) is 0 Å². The molecule has 1 heterocycles. The quantitative estimate of drug-likeness (QED) is 0.811. The van der Waals surface area contributed by atoms with Crippen LogP contribution in [0, 0.1) is 13.8 Å². The molecular formula is C20H20O2. The Kier molecular flexibility index (Phi) is 3.40. The zero-order valence-corrected chi connectivity index (χ0v) is 13.4. The van der Waals surface area contributed by atoms with Crippen molar-refractivity contribution < 1.29 is 9.53 Å². The lowest BCUT2D eigenvalue weighted by Gasteiger charge is -2.17. The minimum absolute atomic E-state index is 0.0342. The smallest absolute Gasteiger partial charge is 0.210 e. The molecule has 3 rings (SSSR count). The molecule has 0 spiro atoms. The molecule has 1 aliphatic rings. The third-order valence-electron chi connectivity index (χ3n) is 4.01. The standard InChI is InChI=1S/C20H20O2/c1-13-5-9-15(10-6-13)17-18(22-20(3,4)19(17)21)16-11-7-14(2)8-12-16/h5-12H,1-4H3. The molecule has 0 radical (unpaired) electrons. The maximum absolute atomic E-state index is 12.8. The van der Waals surface area contributed by atoms with Gasteiger partial charge in [0.15, 0.2) is 5.60 Å². The van der Waals surface area contributed by atoms with Crippen molar-refractivity contribution in [3.05, 3.63) is 70.8 Å². The second kappa shape index (κ2) is 5.13. The molecule has 2 aromatic rings. The second-order valence-corrected chi connectivity index (χ2v) is 6.38. The van der Waals surface area contributed by atoms with E-state index in [4.69, 9.17) is 4.74 Å². The van der Waals surface area contributed by atoms with Gasteiger partial charge in [-0.15, -0.1) is 0 Å². The fourth-order valence-corrected chi connectivity index (χ4v) is 2.65. The van der Waals surface area contributed by atoms with Crippen molar-refractivity contribution >= 4 is 17.1 Å². The van der Waals surface area contributed by atoms with E-state index in [1.165, 1.54) is 11.1 Å². The first-order valence-corrected chi connectivity index (χ1v) is 7.51. The van der Waals surface area contributed by atoms with Gasteiger partial charge in [-0.2, -0.15) is 0 Å². The molecule has 0 amide bonds. The number of hydrogen-bond acceptors (Lipinski definition) is 2. The summed E-state index contributed by atoms with van der Waals surface area (Å²) >= 11 is 0. The summed E-state index contributed by atoms with van der Waals surface area (Å²) in [6.45, 7) is 7.73. The van der Waals surface area contributed by atoms with E-state index in [1.807, 2.05) is 76.2 Å². The molecule has 0 saturated carbocycles. The Balaban J connectivity index is 2.18. The van der Waals surface area contributed by atoms with E-state index in [1.54, 1.807) is 0 Å². The minimum atomic E-state index is -0.819. The van der Waals surface area contributed by atoms with E-state index in [0.717, 1.165) is 11.1 Å². The number of benzene rings is 2. The lowest BCUT2D eigenvalue weighted by atomic mass is 9.92. The van der Waals surface area contributed by atoms with Crippen molar-refractivity contribution in [3.8, 4) is 0 Å². The number of rotatable bonds is 2. The van der Waals surface area contributed by atoms with E-state index in [0.29, 0.717) is 11.3 Å². The summed E-state index contributed by atoms with van der Waals surface area (Å²) in [4.78, 5) is 12.8. The fraction of sp³-hybridized carbons (Fsp3) is 0.250. The molecule has 1 aliphatic heterocycles. The Hall–Kier alpha value is -2.35. The summed E-state index contributed by atoms with van der Waals surface area (Å²) in [5, 5.41) is 0. The van der Waals surface area contributed by atoms with E-state index < -0.39 is 5.60 Å². The highest BCUT2D eigenvalue weighted by molar-refractivity contribution is 6.32. The van der Waals surface area contributed by atoms with Crippen molar-refractivity contribution in [1.29, 1.82) is 0 Å². The largest absolute Gasteiger partial charge is 0.478 e. The molecular weight excluding hydrogens is 272 g/mol. The number of Topliss-reactive ketones (excluding diaryl/α,β-unsaturated/α-hetero) is 1. The molecule has 0 N–H and O–H groups in total. The molecule has 0 aliphatic carbocycles. The van der Waals surface area contributed by atoms with Crippen molar-refractivity contribution in [1.82, 2.24) is 0 Å². The summed E-state index contributed by atoms with van der Waals surface area (Å²) in [7, 11) is 0. The number of aryl methyl sites for hydroxylation is 2. The summed E-state index contributed by atoms with van der Waals surface area (Å²) in [5.41, 5.74) is 4.07. The highest BCUT2D eigenvalue weighted by Crippen LogP contribution is 2.41. The molecule has 0 unspecified atom stereocenters. The number of carbonyl (C=O) groups is 1. The number of ketones is 1. The Morgan fingerprint density at radius 2 is 1.23 bits per heavy atom. The molecule has 2 heteroatoms. The predicted molar refractivity (Wildman–Crippen MR) is 89.3 cm³/mol. The first kappa shape index (κ1) is 14.6. The Bertz CT molecular complexity index is 747. The van der Waals surface area contributed by atoms with E-state index in [2.05, 4.69) is 0 Å². The van der Waals surface area contributed by atoms with Crippen LogP contribution >= 0.6 is 0 Å². The topological polar surface area (TPSA) is 26.3 Å². The van der Waals surface area contributed by atoms with Crippen LogP contribution in [0.3, 0.4) is 0 Å². The van der Waals surface area contributed by atoms with Crippen molar-refractivity contribution in [2.75, 3.05) is 0 Å². The van der Waals surface area contributed by atoms with Crippen molar-refractivity contribution in [2.24, 2.45) is 0 Å². The van der Waals surface area contributed by atoms with Gasteiger partial charge < -0.3 is 4.74 Å². The zero-order chi connectivity index (χ0) is 15.9. The first-order valence-electron chi connectivity index (χ1n) is 7.51. The molecule has 2 aromatic carbocycles. The maximum atomic E-state index is 12.8. The lowest BCUT2D eigenvalue weighted by Crippen LogP contribution is -2.29. The normalized spacial score (nSPS) is 16.8. The number of ether oxygens (including phenoxy) is 1. The minimum Gasteiger partial charge on any atom is -0.478 e. The second-order valence-electron chi connectivity index (χ2n) is 6.38. The molecule has 0 bridgehead atoms. The Morgan fingerprint density at radius 1 is 0.773 bits per heavy atom. The molecule has 0 saturated heterocycles. The van der Waals surface area contributed by atoms with Gasteiger partial charge in [-0.25, -0.2) is 0 Å². The molecule has 22 heavy (non-hydrogen) atoms. The van der Waals surface area contributed by atoms with E-state index in [9.17, 15) is 4.79 Å². The summed E-state index contributed by atoms with van der Waals surface area (Å²) in [6.07, 6.45) is 0. The van der Waals surface area contributed by atoms with E-state index in [-0.39, 0.29) is 5.78 Å². The summed E-state index contributed by atoms with van der Waals surface area (Å²) in [6, 6.07) is 16.1. The summed E-state index contributed by atoms with van der Waals surface area (Å²) < 4.78 is 6.01. The van der Waals surface area contributed by atoms with Gasteiger partial charge in [-0.3, -0.25) is 4.79 Å². The van der Waals surface area contributed by atoms with Crippen LogP contribution in [-0.4, -0.2) is 11.4 Å². The number of hydrogen-bond donors (Lipinski definition) is 0. The lowest BCUT2D eigenvalue weighted by molar-refractivity contribution is -0.125. The van der Waals surface area contributed by atoms with Crippen LogP contribution in [0.25, 0.3) is 11.3 Å². The molecule has 112 valence electrons. The Labute approximate surface area is 131 Å². The van der Waals surface area contributed by atoms with Gasteiger partial charge >= 0.3 is 0 Å². The highest BCUT2D eigenvalue weighted by atomic mass is 16.5. The van der Waals surface area contributed by atoms with Gasteiger partial charge in [0.25, 0.3) is 0 Å². The Morgan fingerprint density at radius 3 is 1.73 bits per heavy atom. The van der Waals surface area contributed by atoms with Crippen LogP contribution in [0.5, 0.6) is 0 Å². The van der Waals surface area contributed by atoms with Crippen LogP contribution in [0.2, 0.25) is 0 Å². The average molecular weight is 292 g/mol. The van der Waals surface area contributed by atoms with Crippen LogP contribution in [0.15, 0.2) is 48.5 Å². The molecule has 2 nitrogen and oxygen atoms in total. The number of carbonyl (C=O) groups excluding carboxylic acids is 1. The van der Waals surface area contributed by atoms with Gasteiger partial charge in [-0.05, 0) is 33.3 Å². The third kappa shape index (κ3) is 2.45. The average Bonchev–Trinajstić information content (AvgIpc) is 2.72. The van der Waals surface area contributed by atoms with Crippen LogP contribution in [-0.2, 0) is 9.53 Å². The SMILES string of the molecule is Cc1ccc(C2=C(c3ccc(C)cc3)C(=O)C(C)(C)O2)cc1. The van der Waals surface area contributed by atoms with Gasteiger partial charge in [0.1, 0.15) is 5.76 Å². The highest BCUT2D eigenvalue weighted by Gasteiger charge is 2.42. The molecule has 0 fully saturated rings. The zero-order valence-electron chi connectivity index (χ0n) is 13.4. The molecule has 0 atom stereocenters. The van der Waals surface area contributed by atoms with Gasteiger partial charge in [0.05, 0.1) is 5.57 Å². The third-order valence-corrected chi connectivity index (χ3v) is 4.01. The van der Waals surface area contributed by atoms with Gasteiger partial charge in [-0.1, -0.05) is 59.7 Å². The van der Waals surface area contributed by atoms with Crippen molar-refractivity contribution in [3.63, 3.8) is 0 Å². The van der Waals surface area contributed by atoms with Crippen LogP contribution < -0.4 is 0 Å². The molecule has 0 aromatic heterocycles.